The first-order chi connectivity index (χ1) is 12.7. The number of nitrogens with one attached hydrogen (secondary N) is 1. The fourth-order valence-corrected chi connectivity index (χ4v) is 3.42. The van der Waals surface area contributed by atoms with Gasteiger partial charge in [-0.15, -0.1) is 0 Å². The first kappa shape index (κ1) is 16.6. The summed E-state index contributed by atoms with van der Waals surface area (Å²) in [6.45, 7) is 0. The maximum Gasteiger partial charge on any atom is 0.224 e. The van der Waals surface area contributed by atoms with Gasteiger partial charge in [0.2, 0.25) is 5.91 Å². The molecule has 1 amide bonds. The number of pyridine rings is 1. The molecule has 1 heterocycles. The fraction of sp³-hybridized carbons (Fsp3) is 0.273. The number of para-hydroxylation sites is 1. The molecule has 0 radical (unpaired) electrons. The number of rotatable bonds is 6. The fourth-order valence-electron chi connectivity index (χ4n) is 3.42. The molecular formula is C22H22N2O2. The third kappa shape index (κ3) is 3.54. The molecule has 2 aromatic carbocycles. The van der Waals surface area contributed by atoms with Crippen LogP contribution >= 0.6 is 0 Å². The number of aromatic nitrogens is 1. The minimum Gasteiger partial charge on any atom is -0.497 e. The Labute approximate surface area is 153 Å². The van der Waals surface area contributed by atoms with E-state index < -0.39 is 0 Å². The van der Waals surface area contributed by atoms with E-state index in [2.05, 4.69) is 10.3 Å². The van der Waals surface area contributed by atoms with Gasteiger partial charge in [-0.1, -0.05) is 36.4 Å². The van der Waals surface area contributed by atoms with Crippen molar-refractivity contribution in [3.05, 3.63) is 71.9 Å². The Balaban J connectivity index is 1.51. The van der Waals surface area contributed by atoms with Crippen molar-refractivity contribution in [1.82, 2.24) is 10.3 Å². The van der Waals surface area contributed by atoms with E-state index in [1.54, 1.807) is 13.3 Å². The molecule has 0 saturated heterocycles. The van der Waals surface area contributed by atoms with Gasteiger partial charge in [-0.25, -0.2) is 0 Å². The summed E-state index contributed by atoms with van der Waals surface area (Å²) in [5, 5.41) is 4.30. The lowest BCUT2D eigenvalue weighted by atomic mass is 10.0. The normalized spacial score (nSPS) is 14.8. The van der Waals surface area contributed by atoms with Crippen molar-refractivity contribution in [2.24, 2.45) is 5.92 Å². The molecule has 1 N–H and O–H groups in total. The van der Waals surface area contributed by atoms with Crippen molar-refractivity contribution in [2.75, 3.05) is 7.11 Å². The summed E-state index contributed by atoms with van der Waals surface area (Å²) < 4.78 is 5.23. The van der Waals surface area contributed by atoms with Gasteiger partial charge < -0.3 is 10.1 Å². The number of ether oxygens (including phenoxy) is 1. The Morgan fingerprint density at radius 3 is 2.65 bits per heavy atom. The van der Waals surface area contributed by atoms with Crippen molar-refractivity contribution < 1.29 is 9.53 Å². The van der Waals surface area contributed by atoms with Crippen LogP contribution < -0.4 is 10.1 Å². The summed E-state index contributed by atoms with van der Waals surface area (Å²) >= 11 is 0. The van der Waals surface area contributed by atoms with Crippen LogP contribution in [0.3, 0.4) is 0 Å². The largest absolute Gasteiger partial charge is 0.497 e. The van der Waals surface area contributed by atoms with E-state index in [1.807, 2.05) is 54.6 Å². The Hall–Kier alpha value is -2.88. The van der Waals surface area contributed by atoms with Gasteiger partial charge in [-0.3, -0.25) is 9.78 Å². The van der Waals surface area contributed by atoms with Crippen LogP contribution in [0.4, 0.5) is 0 Å². The van der Waals surface area contributed by atoms with E-state index in [0.717, 1.165) is 40.6 Å². The van der Waals surface area contributed by atoms with Gasteiger partial charge in [0.05, 0.1) is 25.1 Å². The second-order valence-electron chi connectivity index (χ2n) is 6.82. The SMILES string of the molecule is COc1ccc([C@H](NC(=O)Cc2cccc3cccnc23)C2CC2)cc1. The van der Waals surface area contributed by atoms with Gasteiger partial charge in [-0.2, -0.15) is 0 Å². The zero-order valence-corrected chi connectivity index (χ0v) is 14.8. The van der Waals surface area contributed by atoms with Crippen LogP contribution in [0.15, 0.2) is 60.8 Å². The van der Waals surface area contributed by atoms with E-state index >= 15 is 0 Å². The molecule has 26 heavy (non-hydrogen) atoms. The van der Waals surface area contributed by atoms with E-state index in [9.17, 15) is 4.79 Å². The average molecular weight is 346 g/mol. The quantitative estimate of drug-likeness (QED) is 0.732. The highest BCUT2D eigenvalue weighted by Gasteiger charge is 2.33. The molecule has 1 fully saturated rings. The molecule has 1 atom stereocenters. The Bertz CT molecular complexity index is 912. The second-order valence-corrected chi connectivity index (χ2v) is 6.82. The third-order valence-electron chi connectivity index (χ3n) is 4.95. The maximum atomic E-state index is 12.7. The van der Waals surface area contributed by atoms with Crippen LogP contribution in [0.1, 0.15) is 30.0 Å². The molecule has 1 aromatic heterocycles. The first-order valence-corrected chi connectivity index (χ1v) is 9.00. The average Bonchev–Trinajstić information content (AvgIpc) is 3.52. The topological polar surface area (TPSA) is 51.2 Å². The number of carbonyl (C=O) groups is 1. The molecule has 0 bridgehead atoms. The summed E-state index contributed by atoms with van der Waals surface area (Å²) in [5.41, 5.74) is 3.00. The van der Waals surface area contributed by atoms with Crippen molar-refractivity contribution in [3.63, 3.8) is 0 Å². The van der Waals surface area contributed by atoms with E-state index in [0.29, 0.717) is 12.3 Å². The van der Waals surface area contributed by atoms with Gasteiger partial charge in [0.1, 0.15) is 5.75 Å². The van der Waals surface area contributed by atoms with Gasteiger partial charge >= 0.3 is 0 Å². The molecule has 0 unspecified atom stereocenters. The molecule has 1 saturated carbocycles. The number of benzene rings is 2. The lowest BCUT2D eigenvalue weighted by Crippen LogP contribution is -2.31. The van der Waals surface area contributed by atoms with E-state index in [1.165, 1.54) is 0 Å². The van der Waals surface area contributed by atoms with Crippen LogP contribution in [0.25, 0.3) is 10.9 Å². The highest BCUT2D eigenvalue weighted by atomic mass is 16.5. The third-order valence-corrected chi connectivity index (χ3v) is 4.95. The van der Waals surface area contributed by atoms with E-state index in [-0.39, 0.29) is 11.9 Å². The standard InChI is InChI=1S/C22H22N2O2/c1-26-19-11-9-17(10-12-19)22(16-7-8-16)24-20(25)14-18-5-2-4-15-6-3-13-23-21(15)18/h2-6,9-13,16,22H,7-8,14H2,1H3,(H,24,25)/t22-/m1/s1. The van der Waals surface area contributed by atoms with Crippen molar-refractivity contribution >= 4 is 16.8 Å². The summed E-state index contributed by atoms with van der Waals surface area (Å²) in [4.78, 5) is 17.2. The first-order valence-electron chi connectivity index (χ1n) is 9.00. The van der Waals surface area contributed by atoms with Crippen LogP contribution in [-0.2, 0) is 11.2 Å². The smallest absolute Gasteiger partial charge is 0.224 e. The molecule has 0 spiro atoms. The minimum absolute atomic E-state index is 0.0378. The van der Waals surface area contributed by atoms with Crippen LogP contribution in [0.2, 0.25) is 0 Å². The zero-order valence-electron chi connectivity index (χ0n) is 14.8. The summed E-state index contributed by atoms with van der Waals surface area (Å²) in [5.74, 6) is 1.39. The molecule has 0 aliphatic heterocycles. The van der Waals surface area contributed by atoms with Crippen molar-refractivity contribution in [3.8, 4) is 5.75 Å². The van der Waals surface area contributed by atoms with Crippen LogP contribution in [0, 0.1) is 5.92 Å². The van der Waals surface area contributed by atoms with Gasteiger partial charge in [0.25, 0.3) is 0 Å². The van der Waals surface area contributed by atoms with Crippen LogP contribution in [0.5, 0.6) is 5.75 Å². The number of nitrogens with zero attached hydrogens (tertiary/aromatic N) is 1. The zero-order chi connectivity index (χ0) is 17.9. The Morgan fingerprint density at radius 2 is 1.92 bits per heavy atom. The summed E-state index contributed by atoms with van der Waals surface area (Å²) in [6, 6.07) is 18.0. The number of methoxy groups -OCH3 is 1. The summed E-state index contributed by atoms with van der Waals surface area (Å²) in [6.07, 6.45) is 4.43. The van der Waals surface area contributed by atoms with Crippen molar-refractivity contribution in [1.29, 1.82) is 0 Å². The molecular weight excluding hydrogens is 324 g/mol. The number of amides is 1. The second kappa shape index (κ2) is 7.16. The molecule has 1 aliphatic rings. The number of hydrogen-bond donors (Lipinski definition) is 1. The lowest BCUT2D eigenvalue weighted by Gasteiger charge is -2.19. The molecule has 1 aliphatic carbocycles. The predicted octanol–water partition coefficient (Wildman–Crippen LogP) is 4.05. The molecule has 132 valence electrons. The molecule has 4 heteroatoms. The van der Waals surface area contributed by atoms with Gasteiger partial charge in [0, 0.05) is 11.6 Å². The molecule has 3 aromatic rings. The Morgan fingerprint density at radius 1 is 1.15 bits per heavy atom. The predicted molar refractivity (Wildman–Crippen MR) is 102 cm³/mol. The van der Waals surface area contributed by atoms with E-state index in [4.69, 9.17) is 4.74 Å². The highest BCUT2D eigenvalue weighted by molar-refractivity contribution is 5.87. The van der Waals surface area contributed by atoms with Crippen molar-refractivity contribution in [2.45, 2.75) is 25.3 Å². The molecule has 4 nitrogen and oxygen atoms in total. The van der Waals surface area contributed by atoms with Crippen LogP contribution in [-0.4, -0.2) is 18.0 Å². The minimum atomic E-state index is 0.0378. The maximum absolute atomic E-state index is 12.7. The number of carbonyl (C=O) groups excluding carboxylic acids is 1. The highest BCUT2D eigenvalue weighted by Crippen LogP contribution is 2.41. The number of hydrogen-bond acceptors (Lipinski definition) is 3. The number of fused-ring (bicyclic) bond motifs is 1. The summed E-state index contributed by atoms with van der Waals surface area (Å²) in [7, 11) is 1.66. The van der Waals surface area contributed by atoms with Gasteiger partial charge in [0.15, 0.2) is 0 Å². The lowest BCUT2D eigenvalue weighted by molar-refractivity contribution is -0.121. The monoisotopic (exact) mass is 346 g/mol. The molecule has 4 rings (SSSR count). The Kier molecular flexibility index (Phi) is 4.57. The van der Waals surface area contributed by atoms with Gasteiger partial charge in [-0.05, 0) is 48.1 Å².